The van der Waals surface area contributed by atoms with Gasteiger partial charge in [-0.1, -0.05) is 91.0 Å². The van der Waals surface area contributed by atoms with Crippen molar-refractivity contribution in [1.29, 1.82) is 0 Å². The first-order chi connectivity index (χ1) is 32.8. The number of amides is 3. The quantitative estimate of drug-likeness (QED) is 0.0644. The van der Waals surface area contributed by atoms with Gasteiger partial charge < -0.3 is 42.6 Å². The summed E-state index contributed by atoms with van der Waals surface area (Å²) < 4.78 is 55.2. The lowest BCUT2D eigenvalue weighted by Crippen LogP contribution is -2.70. The molecule has 0 bridgehead atoms. The third-order valence-corrected chi connectivity index (χ3v) is 11.0. The number of ether oxygens (including phenoxy) is 9. The molecule has 68 heavy (non-hydrogen) atoms. The van der Waals surface area contributed by atoms with E-state index >= 15 is 0 Å². The van der Waals surface area contributed by atoms with E-state index in [0.29, 0.717) is 5.56 Å². The normalized spacial score (nSPS) is 25.4. The maximum Gasteiger partial charge on any atom is 0.303 e. The summed E-state index contributed by atoms with van der Waals surface area (Å²) in [5.74, 6) is -5.54. The summed E-state index contributed by atoms with van der Waals surface area (Å²) in [7, 11) is 0. The van der Waals surface area contributed by atoms with E-state index in [1.807, 2.05) is 30.3 Å². The Morgan fingerprint density at radius 1 is 0.544 bits per heavy atom. The summed E-state index contributed by atoms with van der Waals surface area (Å²) in [6, 6.07) is 30.8. The van der Waals surface area contributed by atoms with Crippen LogP contribution >= 0.6 is 0 Å². The highest BCUT2D eigenvalue weighted by Crippen LogP contribution is 2.38. The largest absolute Gasteiger partial charge is 0.463 e. The number of carbonyl (C=O) groups excluding carboxylic acids is 7. The lowest BCUT2D eigenvalue weighted by atomic mass is 9.93. The average Bonchev–Trinajstić information content (AvgIpc) is 3.57. The number of benzene rings is 4. The van der Waals surface area contributed by atoms with E-state index in [1.54, 1.807) is 72.8 Å². The SMILES string of the molecule is CC(=O)OC[C@H]1O[C@@H](O[C@H]2[C@H](OCc3ccccc3)[C@@H](N3C(=O)c4ccccc4C3=O)[C@H](ONC(=O)c3ccccc3)O[C@@H]2COCc2ccccc2)[C@H](OC(C)=O)[C@@H](OC(C)=O)[C@H]1OC(C)=O. The molecule has 0 aromatic heterocycles. The fraction of sp³-hybridized carbons (Fsp3) is 0.367. The van der Waals surface area contributed by atoms with Crippen molar-refractivity contribution >= 4 is 41.6 Å². The summed E-state index contributed by atoms with van der Waals surface area (Å²) in [6.07, 6.45) is -14.0. The summed E-state index contributed by atoms with van der Waals surface area (Å²) in [5, 5.41) is 0. The average molecular weight is 939 g/mol. The molecule has 4 aromatic carbocycles. The van der Waals surface area contributed by atoms with Gasteiger partial charge in [0.05, 0.1) is 30.9 Å². The molecular weight excluding hydrogens is 889 g/mol. The van der Waals surface area contributed by atoms with Crippen molar-refractivity contribution in [3.05, 3.63) is 143 Å². The summed E-state index contributed by atoms with van der Waals surface area (Å²) in [4.78, 5) is 99.9. The molecule has 0 aliphatic carbocycles. The van der Waals surface area contributed by atoms with E-state index in [9.17, 15) is 33.6 Å². The van der Waals surface area contributed by atoms with Gasteiger partial charge in [0, 0.05) is 33.3 Å². The number of hydroxylamine groups is 1. The van der Waals surface area contributed by atoms with Gasteiger partial charge in [-0.2, -0.15) is 0 Å². The lowest BCUT2D eigenvalue weighted by molar-refractivity contribution is -0.359. The van der Waals surface area contributed by atoms with Crippen molar-refractivity contribution in [3.8, 4) is 0 Å². The van der Waals surface area contributed by atoms with Crippen molar-refractivity contribution in [2.45, 2.75) is 102 Å². The minimum Gasteiger partial charge on any atom is -0.463 e. The summed E-state index contributed by atoms with van der Waals surface area (Å²) in [5.41, 5.74) is 4.18. The van der Waals surface area contributed by atoms with Crippen molar-refractivity contribution in [2.24, 2.45) is 0 Å². The third kappa shape index (κ3) is 12.0. The molecule has 3 aliphatic rings. The molecule has 2 fully saturated rings. The number of nitrogens with zero attached hydrogens (tertiary/aromatic N) is 1. The van der Waals surface area contributed by atoms with Gasteiger partial charge in [0.1, 0.15) is 37.1 Å². The highest BCUT2D eigenvalue weighted by molar-refractivity contribution is 6.21. The molecule has 0 spiro atoms. The molecule has 19 nitrogen and oxygen atoms in total. The summed E-state index contributed by atoms with van der Waals surface area (Å²) >= 11 is 0. The number of fused-ring (bicyclic) bond motifs is 1. The van der Waals surface area contributed by atoms with Crippen molar-refractivity contribution in [1.82, 2.24) is 10.4 Å². The van der Waals surface area contributed by atoms with Crippen LogP contribution in [0.3, 0.4) is 0 Å². The molecule has 1 N–H and O–H groups in total. The minimum absolute atomic E-state index is 0.0557. The topological polar surface area (TPSA) is 227 Å². The second-order valence-electron chi connectivity index (χ2n) is 15.9. The Bertz CT molecular complexity index is 2390. The Morgan fingerprint density at radius 3 is 1.62 bits per heavy atom. The van der Waals surface area contributed by atoms with Crippen molar-refractivity contribution in [3.63, 3.8) is 0 Å². The number of hydrogen-bond donors (Lipinski definition) is 1. The van der Waals surface area contributed by atoms with Crippen molar-refractivity contribution < 1.29 is 81.0 Å². The van der Waals surface area contributed by atoms with Crippen LogP contribution in [0.15, 0.2) is 115 Å². The van der Waals surface area contributed by atoms with Crippen LogP contribution in [0, 0.1) is 0 Å². The Hall–Kier alpha value is -6.87. The predicted molar refractivity (Wildman–Crippen MR) is 232 cm³/mol. The molecule has 358 valence electrons. The van der Waals surface area contributed by atoms with E-state index < -0.39 is 110 Å². The van der Waals surface area contributed by atoms with Crippen LogP contribution in [-0.4, -0.2) is 121 Å². The van der Waals surface area contributed by atoms with Gasteiger partial charge in [-0.3, -0.25) is 38.5 Å². The highest BCUT2D eigenvalue weighted by Gasteiger charge is 2.59. The van der Waals surface area contributed by atoms with E-state index in [1.165, 1.54) is 12.1 Å². The van der Waals surface area contributed by atoms with Crippen LogP contribution < -0.4 is 5.48 Å². The molecule has 0 radical (unpaired) electrons. The standard InChI is InChI=1S/C49H50N2O17/c1-28(52)60-27-38-41(62-29(2)53)43(63-30(3)54)44(64-31(4)55)49(66-38)67-40-37(26-59-24-32-16-8-5-9-17-32)65-48(68-50-45(56)34-20-12-7-13-21-34)39(42(40)61-25-33-18-10-6-11-19-33)51-46(57)35-22-14-15-23-36(35)47(51)58/h5-23,37-44,48-49H,24-27H2,1-4H3,(H,50,56)/t37-,38-,39-,40-,41+,42-,43+,44-,48+,49+/m1/s1. The zero-order valence-electron chi connectivity index (χ0n) is 37.5. The molecule has 19 heteroatoms. The van der Waals surface area contributed by atoms with Gasteiger partial charge in [-0.15, -0.1) is 0 Å². The van der Waals surface area contributed by atoms with Gasteiger partial charge in [-0.25, -0.2) is 10.3 Å². The van der Waals surface area contributed by atoms with Crippen LogP contribution in [0.1, 0.15) is 69.9 Å². The van der Waals surface area contributed by atoms with Crippen LogP contribution in [0.2, 0.25) is 0 Å². The maximum atomic E-state index is 14.5. The molecule has 3 heterocycles. The Morgan fingerprint density at radius 2 is 1.04 bits per heavy atom. The summed E-state index contributed by atoms with van der Waals surface area (Å²) in [6.45, 7) is 3.40. The fourth-order valence-corrected chi connectivity index (χ4v) is 8.08. The maximum absolute atomic E-state index is 14.5. The van der Waals surface area contributed by atoms with Gasteiger partial charge >= 0.3 is 23.9 Å². The molecule has 3 aliphatic heterocycles. The first kappa shape index (κ1) is 49.0. The molecule has 7 rings (SSSR count). The van der Waals surface area contributed by atoms with Crippen LogP contribution in [0.25, 0.3) is 0 Å². The molecule has 0 saturated carbocycles. The monoisotopic (exact) mass is 938 g/mol. The first-order valence-corrected chi connectivity index (χ1v) is 21.7. The van der Waals surface area contributed by atoms with Gasteiger partial charge in [0.2, 0.25) is 6.29 Å². The van der Waals surface area contributed by atoms with E-state index in [4.69, 9.17) is 47.5 Å². The Balaban J connectivity index is 1.36. The van der Waals surface area contributed by atoms with Gasteiger partial charge in [0.15, 0.2) is 24.6 Å². The highest BCUT2D eigenvalue weighted by atomic mass is 16.8. The number of esters is 4. The molecule has 3 amide bonds. The number of nitrogens with one attached hydrogen (secondary N) is 1. The lowest BCUT2D eigenvalue weighted by Gasteiger charge is -2.50. The van der Waals surface area contributed by atoms with E-state index in [2.05, 4.69) is 5.48 Å². The number of imide groups is 1. The first-order valence-electron chi connectivity index (χ1n) is 21.7. The van der Waals surface area contributed by atoms with Crippen molar-refractivity contribution in [2.75, 3.05) is 13.2 Å². The van der Waals surface area contributed by atoms with Gasteiger partial charge in [-0.05, 0) is 35.4 Å². The smallest absolute Gasteiger partial charge is 0.303 e. The molecular formula is C49H50N2O17. The molecule has 0 unspecified atom stereocenters. The Labute approximate surface area is 390 Å². The second kappa shape index (κ2) is 22.8. The minimum atomic E-state index is -1.79. The van der Waals surface area contributed by atoms with Crippen LogP contribution in [0.4, 0.5) is 0 Å². The van der Waals surface area contributed by atoms with Gasteiger partial charge in [0.25, 0.3) is 17.7 Å². The Kier molecular flexibility index (Phi) is 16.4. The number of hydrogen-bond acceptors (Lipinski definition) is 17. The van der Waals surface area contributed by atoms with Crippen LogP contribution in [0.5, 0.6) is 0 Å². The second-order valence-corrected chi connectivity index (χ2v) is 15.9. The third-order valence-electron chi connectivity index (χ3n) is 11.0. The molecule has 10 atom stereocenters. The molecule has 4 aromatic rings. The zero-order chi connectivity index (χ0) is 48.3. The van der Waals surface area contributed by atoms with E-state index in [0.717, 1.165) is 38.2 Å². The predicted octanol–water partition coefficient (Wildman–Crippen LogP) is 4.01. The zero-order valence-corrected chi connectivity index (χ0v) is 37.5. The fourth-order valence-electron chi connectivity index (χ4n) is 8.08. The van der Waals surface area contributed by atoms with Crippen LogP contribution in [-0.2, 0) is 79.9 Å². The number of rotatable bonds is 18. The molecule has 2 saturated heterocycles. The number of carbonyl (C=O) groups is 7. The van der Waals surface area contributed by atoms with E-state index in [-0.39, 0.29) is 36.5 Å².